The molecular formula is C21H25F2N2O4+. The molecule has 8 heteroatoms. The molecule has 0 radical (unpaired) electrons. The van der Waals surface area contributed by atoms with Gasteiger partial charge in [0.2, 0.25) is 0 Å². The highest BCUT2D eigenvalue weighted by molar-refractivity contribution is 5.98. The molecule has 1 unspecified atom stereocenters. The lowest BCUT2D eigenvalue weighted by Gasteiger charge is -2.26. The van der Waals surface area contributed by atoms with Crippen molar-refractivity contribution in [2.24, 2.45) is 0 Å². The van der Waals surface area contributed by atoms with Crippen LogP contribution in [0, 0.1) is 11.6 Å². The summed E-state index contributed by atoms with van der Waals surface area (Å²) in [6.45, 7) is 0.347. The van der Waals surface area contributed by atoms with E-state index < -0.39 is 29.6 Å². The molecule has 6 nitrogen and oxygen atoms in total. The Kier molecular flexibility index (Phi) is 7.05. The second-order valence-corrected chi connectivity index (χ2v) is 7.72. The van der Waals surface area contributed by atoms with Crippen LogP contribution in [-0.2, 0) is 4.79 Å². The topological polar surface area (TPSA) is 75.6 Å². The first-order valence-corrected chi connectivity index (χ1v) is 9.01. The first-order valence-electron chi connectivity index (χ1n) is 9.01. The van der Waals surface area contributed by atoms with E-state index in [1.807, 2.05) is 21.1 Å². The maximum absolute atomic E-state index is 14.1. The molecule has 156 valence electrons. The second-order valence-electron chi connectivity index (χ2n) is 7.72. The molecule has 0 aromatic heterocycles. The molecule has 0 fully saturated rings. The minimum absolute atomic E-state index is 0.0157. The summed E-state index contributed by atoms with van der Waals surface area (Å²) in [6.07, 6.45) is -1.14. The minimum Gasteiger partial charge on any atom is -0.426 e. The number of carbonyl (C=O) groups excluding carboxylic acids is 2. The van der Waals surface area contributed by atoms with Crippen molar-refractivity contribution in [1.29, 1.82) is 0 Å². The number of nitrogens with one attached hydrogen (secondary N) is 1. The summed E-state index contributed by atoms with van der Waals surface area (Å²) in [7, 11) is 7.05. The maximum atomic E-state index is 14.1. The van der Waals surface area contributed by atoms with Crippen molar-refractivity contribution >= 4 is 11.9 Å². The second kappa shape index (κ2) is 9.11. The number of amides is 1. The Morgan fingerprint density at radius 2 is 1.83 bits per heavy atom. The summed E-state index contributed by atoms with van der Waals surface area (Å²) in [4.78, 5) is 24.4. The third kappa shape index (κ3) is 6.33. The molecule has 0 heterocycles. The van der Waals surface area contributed by atoms with Crippen LogP contribution in [0.1, 0.15) is 16.8 Å². The number of nitrogens with zero attached hydrogens (tertiary/aromatic N) is 1. The Labute approximate surface area is 168 Å². The number of halogens is 2. The van der Waals surface area contributed by atoms with Gasteiger partial charge in [0.25, 0.3) is 5.91 Å². The van der Waals surface area contributed by atoms with Crippen LogP contribution in [0.2, 0.25) is 0 Å². The first kappa shape index (κ1) is 22.4. The first-order chi connectivity index (χ1) is 13.5. The lowest BCUT2D eigenvalue weighted by atomic mass is 10.0. The predicted octanol–water partition coefficient (Wildman–Crippen LogP) is 2.35. The number of hydrogen-bond donors (Lipinski definition) is 2. The van der Waals surface area contributed by atoms with Crippen molar-refractivity contribution in [1.82, 2.24) is 5.32 Å². The van der Waals surface area contributed by atoms with Crippen molar-refractivity contribution in [3.05, 3.63) is 53.6 Å². The fourth-order valence-corrected chi connectivity index (χ4v) is 2.88. The van der Waals surface area contributed by atoms with E-state index in [-0.39, 0.29) is 23.3 Å². The average Bonchev–Trinajstić information content (AvgIpc) is 2.59. The van der Waals surface area contributed by atoms with E-state index in [1.54, 1.807) is 0 Å². The van der Waals surface area contributed by atoms with Gasteiger partial charge >= 0.3 is 5.97 Å². The third-order valence-electron chi connectivity index (χ3n) is 4.08. The van der Waals surface area contributed by atoms with Gasteiger partial charge in [-0.25, -0.2) is 8.78 Å². The molecule has 0 saturated heterocycles. The molecule has 0 bridgehead atoms. The minimum atomic E-state index is -0.904. The van der Waals surface area contributed by atoms with Crippen LogP contribution >= 0.6 is 0 Å². The van der Waals surface area contributed by atoms with Crippen molar-refractivity contribution in [2.75, 3.05) is 34.7 Å². The fourth-order valence-electron chi connectivity index (χ4n) is 2.88. The summed E-state index contributed by atoms with van der Waals surface area (Å²) in [5.41, 5.74) is 0.446. The van der Waals surface area contributed by atoms with E-state index >= 15 is 0 Å². The average molecular weight is 407 g/mol. The van der Waals surface area contributed by atoms with Gasteiger partial charge in [0.1, 0.15) is 30.0 Å². The fraction of sp³-hybridized carbons (Fsp3) is 0.333. The predicted molar refractivity (Wildman–Crippen MR) is 104 cm³/mol. The van der Waals surface area contributed by atoms with Crippen LogP contribution in [0.5, 0.6) is 5.75 Å². The van der Waals surface area contributed by atoms with Crippen molar-refractivity contribution in [2.45, 2.75) is 12.5 Å². The zero-order valence-corrected chi connectivity index (χ0v) is 16.8. The van der Waals surface area contributed by atoms with Crippen LogP contribution in [0.3, 0.4) is 0 Å². The van der Waals surface area contributed by atoms with Gasteiger partial charge in [-0.15, -0.1) is 0 Å². The summed E-state index contributed by atoms with van der Waals surface area (Å²) < 4.78 is 33.0. The third-order valence-corrected chi connectivity index (χ3v) is 4.08. The lowest BCUT2D eigenvalue weighted by Crippen LogP contribution is -2.42. The molecule has 0 saturated carbocycles. The van der Waals surface area contributed by atoms with Gasteiger partial charge < -0.3 is 19.6 Å². The number of quaternary nitrogens is 1. The number of aliphatic hydroxyl groups excluding tert-OH is 1. The molecular weight excluding hydrogens is 382 g/mol. The number of hydrogen-bond acceptors (Lipinski definition) is 4. The van der Waals surface area contributed by atoms with E-state index in [0.29, 0.717) is 16.6 Å². The number of esters is 1. The highest BCUT2D eigenvalue weighted by atomic mass is 19.1. The number of likely N-dealkylation sites (N-methyl/N-ethyl adjacent to an activating group) is 1. The van der Waals surface area contributed by atoms with Crippen molar-refractivity contribution in [3.63, 3.8) is 0 Å². The van der Waals surface area contributed by atoms with E-state index in [4.69, 9.17) is 4.74 Å². The summed E-state index contributed by atoms with van der Waals surface area (Å²) in [5.74, 6) is -2.74. The summed E-state index contributed by atoms with van der Waals surface area (Å²) in [6, 6.07) is 7.32. The Morgan fingerprint density at radius 3 is 2.41 bits per heavy atom. The van der Waals surface area contributed by atoms with Gasteiger partial charge in [-0.05, 0) is 29.8 Å². The number of carbonyl (C=O) groups is 2. The number of rotatable bonds is 7. The van der Waals surface area contributed by atoms with Crippen molar-refractivity contribution in [3.8, 4) is 16.9 Å². The van der Waals surface area contributed by atoms with Gasteiger partial charge in [0.15, 0.2) is 0 Å². The SMILES string of the molecule is CNC(=O)c1cc(-c2ccc(F)cc2F)ccc1OC(=O)CC(O)C[N+](C)(C)C. The Bertz CT molecular complexity index is 910. The van der Waals surface area contributed by atoms with Gasteiger partial charge in [-0.2, -0.15) is 0 Å². The normalized spacial score (nSPS) is 12.4. The highest BCUT2D eigenvalue weighted by Gasteiger charge is 2.22. The Balaban J connectivity index is 2.28. The highest BCUT2D eigenvalue weighted by Crippen LogP contribution is 2.29. The molecule has 1 atom stereocenters. The number of ether oxygens (including phenoxy) is 1. The molecule has 2 aromatic carbocycles. The van der Waals surface area contributed by atoms with Crippen LogP contribution in [0.4, 0.5) is 8.78 Å². The molecule has 2 aromatic rings. The number of benzene rings is 2. The van der Waals surface area contributed by atoms with Gasteiger partial charge in [-0.3, -0.25) is 9.59 Å². The molecule has 29 heavy (non-hydrogen) atoms. The quantitative estimate of drug-likeness (QED) is 0.420. The van der Waals surface area contributed by atoms with Crippen LogP contribution < -0.4 is 10.1 Å². The largest absolute Gasteiger partial charge is 0.426 e. The maximum Gasteiger partial charge on any atom is 0.314 e. The zero-order valence-electron chi connectivity index (χ0n) is 16.8. The molecule has 2 rings (SSSR count). The smallest absolute Gasteiger partial charge is 0.314 e. The van der Waals surface area contributed by atoms with Crippen LogP contribution in [0.25, 0.3) is 11.1 Å². The summed E-state index contributed by atoms with van der Waals surface area (Å²) >= 11 is 0. The Morgan fingerprint density at radius 1 is 1.14 bits per heavy atom. The molecule has 0 spiro atoms. The molecule has 0 aliphatic carbocycles. The molecule has 2 N–H and O–H groups in total. The van der Waals surface area contributed by atoms with Gasteiger partial charge in [-0.1, -0.05) is 6.07 Å². The molecule has 1 amide bonds. The Hall–Kier alpha value is -2.84. The summed E-state index contributed by atoms with van der Waals surface area (Å²) in [5, 5.41) is 12.5. The van der Waals surface area contributed by atoms with E-state index in [9.17, 15) is 23.5 Å². The monoisotopic (exact) mass is 407 g/mol. The molecule has 0 aliphatic heterocycles. The van der Waals surface area contributed by atoms with E-state index in [2.05, 4.69) is 5.32 Å². The van der Waals surface area contributed by atoms with Gasteiger partial charge in [0.05, 0.1) is 33.1 Å². The zero-order chi connectivity index (χ0) is 21.8. The number of aliphatic hydroxyl groups is 1. The van der Waals surface area contributed by atoms with Crippen LogP contribution in [0.15, 0.2) is 36.4 Å². The lowest BCUT2D eigenvalue weighted by molar-refractivity contribution is -0.873. The standard InChI is InChI=1S/C21H24F2N2O4/c1-24-21(28)17-9-13(16-7-6-14(22)10-18(16)23)5-8-19(17)29-20(27)11-15(26)12-25(2,3)4/h5-10,15,26H,11-12H2,1-4H3/p+1. The van der Waals surface area contributed by atoms with Crippen molar-refractivity contribution < 1.29 is 32.7 Å². The van der Waals surface area contributed by atoms with Gasteiger partial charge in [0, 0.05) is 18.7 Å². The van der Waals surface area contributed by atoms with E-state index in [0.717, 1.165) is 12.1 Å². The van der Waals surface area contributed by atoms with Crippen LogP contribution in [-0.4, -0.2) is 62.3 Å². The van der Waals surface area contributed by atoms with E-state index in [1.165, 1.54) is 31.3 Å². The molecule has 0 aliphatic rings.